The Morgan fingerprint density at radius 1 is 1.42 bits per heavy atom. The van der Waals surface area contributed by atoms with E-state index in [0.717, 1.165) is 37.4 Å². The predicted octanol–water partition coefficient (Wildman–Crippen LogP) is 1.88. The number of aryl methyl sites for hydroxylation is 1. The van der Waals surface area contributed by atoms with Crippen LogP contribution in [0.3, 0.4) is 0 Å². The van der Waals surface area contributed by atoms with Crippen LogP contribution in [0.1, 0.15) is 12.5 Å². The van der Waals surface area contributed by atoms with Crippen molar-refractivity contribution in [3.8, 4) is 0 Å². The molecule has 5 heteroatoms. The molecule has 0 radical (unpaired) electrons. The fourth-order valence-corrected chi connectivity index (χ4v) is 2.33. The molecule has 2 N–H and O–H groups in total. The van der Waals surface area contributed by atoms with Crippen molar-refractivity contribution in [3.05, 3.63) is 28.8 Å². The van der Waals surface area contributed by atoms with E-state index in [4.69, 9.17) is 11.6 Å². The maximum absolute atomic E-state index is 12.2. The van der Waals surface area contributed by atoms with E-state index < -0.39 is 0 Å². The Morgan fingerprint density at radius 3 is 2.74 bits per heavy atom. The van der Waals surface area contributed by atoms with Crippen molar-refractivity contribution >= 4 is 23.2 Å². The number of benzene rings is 1. The predicted molar refractivity (Wildman–Crippen MR) is 78.7 cm³/mol. The Morgan fingerprint density at radius 2 is 2.11 bits per heavy atom. The third kappa shape index (κ3) is 3.69. The van der Waals surface area contributed by atoms with Gasteiger partial charge in [0.15, 0.2) is 0 Å². The number of rotatable bonds is 3. The molecule has 1 fully saturated rings. The summed E-state index contributed by atoms with van der Waals surface area (Å²) in [4.78, 5) is 14.4. The molecule has 1 aliphatic heterocycles. The van der Waals surface area contributed by atoms with Gasteiger partial charge in [0.25, 0.3) is 0 Å². The summed E-state index contributed by atoms with van der Waals surface area (Å²) >= 11 is 6.06. The molecule has 104 valence electrons. The van der Waals surface area contributed by atoms with Gasteiger partial charge in [-0.2, -0.15) is 0 Å². The minimum Gasteiger partial charge on any atom is -0.325 e. The fourth-order valence-electron chi connectivity index (χ4n) is 2.15. The number of nitrogens with zero attached hydrogens (tertiary/aromatic N) is 1. The molecule has 1 saturated heterocycles. The molecule has 0 spiro atoms. The van der Waals surface area contributed by atoms with Crippen molar-refractivity contribution < 1.29 is 4.79 Å². The molecular weight excluding hydrogens is 262 g/mol. The highest BCUT2D eigenvalue weighted by molar-refractivity contribution is 6.31. The van der Waals surface area contributed by atoms with Crippen molar-refractivity contribution in [2.75, 3.05) is 31.5 Å². The minimum absolute atomic E-state index is 0.0156. The second-order valence-electron chi connectivity index (χ2n) is 4.92. The van der Waals surface area contributed by atoms with Crippen LogP contribution in [0.4, 0.5) is 5.69 Å². The average molecular weight is 282 g/mol. The van der Waals surface area contributed by atoms with E-state index in [0.29, 0.717) is 5.02 Å². The van der Waals surface area contributed by atoms with Gasteiger partial charge >= 0.3 is 0 Å². The smallest absolute Gasteiger partial charge is 0.241 e. The zero-order valence-corrected chi connectivity index (χ0v) is 12.1. The molecule has 1 aliphatic rings. The normalized spacial score (nSPS) is 18.1. The van der Waals surface area contributed by atoms with E-state index in [1.165, 1.54) is 0 Å². The Labute approximate surface area is 119 Å². The maximum atomic E-state index is 12.2. The summed E-state index contributed by atoms with van der Waals surface area (Å²) in [5, 5.41) is 6.88. The van der Waals surface area contributed by atoms with Crippen LogP contribution in [0.25, 0.3) is 0 Å². The van der Waals surface area contributed by atoms with Crippen LogP contribution in [-0.4, -0.2) is 43.0 Å². The summed E-state index contributed by atoms with van der Waals surface area (Å²) in [5.74, 6) is 0.0156. The zero-order valence-electron chi connectivity index (χ0n) is 11.4. The van der Waals surface area contributed by atoms with Gasteiger partial charge < -0.3 is 10.6 Å². The molecule has 1 amide bonds. The molecule has 0 saturated carbocycles. The van der Waals surface area contributed by atoms with Gasteiger partial charge in [0.2, 0.25) is 5.91 Å². The van der Waals surface area contributed by atoms with Crippen molar-refractivity contribution in [2.24, 2.45) is 0 Å². The van der Waals surface area contributed by atoms with Gasteiger partial charge in [0.05, 0.1) is 6.04 Å². The van der Waals surface area contributed by atoms with Gasteiger partial charge in [-0.25, -0.2) is 0 Å². The second kappa shape index (κ2) is 6.37. The lowest BCUT2D eigenvalue weighted by Crippen LogP contribution is -2.51. The first-order chi connectivity index (χ1) is 9.08. The number of halogens is 1. The number of piperazine rings is 1. The second-order valence-corrected chi connectivity index (χ2v) is 5.32. The van der Waals surface area contributed by atoms with Crippen molar-refractivity contribution in [1.82, 2.24) is 10.2 Å². The van der Waals surface area contributed by atoms with E-state index >= 15 is 0 Å². The summed E-state index contributed by atoms with van der Waals surface area (Å²) in [6.07, 6.45) is 0. The molecule has 0 aliphatic carbocycles. The zero-order chi connectivity index (χ0) is 13.8. The highest BCUT2D eigenvalue weighted by atomic mass is 35.5. The molecular formula is C14H20ClN3O. The highest BCUT2D eigenvalue weighted by Gasteiger charge is 2.22. The largest absolute Gasteiger partial charge is 0.325 e. The SMILES string of the molecule is Cc1ccc(NC(=O)C(C)N2CCNCC2)cc1Cl. The fraction of sp³-hybridized carbons (Fsp3) is 0.500. The quantitative estimate of drug-likeness (QED) is 0.889. The summed E-state index contributed by atoms with van der Waals surface area (Å²) in [5.41, 5.74) is 1.76. The molecule has 1 aromatic rings. The van der Waals surface area contributed by atoms with Crippen LogP contribution in [0, 0.1) is 6.92 Å². The lowest BCUT2D eigenvalue weighted by atomic mass is 10.2. The van der Waals surface area contributed by atoms with E-state index in [9.17, 15) is 4.79 Å². The number of anilines is 1. The Balaban J connectivity index is 1.97. The number of hydrogen-bond donors (Lipinski definition) is 2. The van der Waals surface area contributed by atoms with E-state index in [1.807, 2.05) is 26.0 Å². The first-order valence-electron chi connectivity index (χ1n) is 6.59. The molecule has 1 unspecified atom stereocenters. The summed E-state index contributed by atoms with van der Waals surface area (Å²) < 4.78 is 0. The Kier molecular flexibility index (Phi) is 4.80. The molecule has 0 bridgehead atoms. The van der Waals surface area contributed by atoms with Crippen molar-refractivity contribution in [3.63, 3.8) is 0 Å². The number of amides is 1. The lowest BCUT2D eigenvalue weighted by molar-refractivity contribution is -0.120. The third-order valence-electron chi connectivity index (χ3n) is 3.52. The van der Waals surface area contributed by atoms with Crippen LogP contribution in [0.15, 0.2) is 18.2 Å². The summed E-state index contributed by atoms with van der Waals surface area (Å²) in [6, 6.07) is 5.46. The van der Waals surface area contributed by atoms with Gasteiger partial charge in [-0.15, -0.1) is 0 Å². The van der Waals surface area contributed by atoms with Crippen molar-refractivity contribution in [2.45, 2.75) is 19.9 Å². The van der Waals surface area contributed by atoms with Gasteiger partial charge in [0, 0.05) is 36.9 Å². The van der Waals surface area contributed by atoms with Crippen LogP contribution in [0.5, 0.6) is 0 Å². The molecule has 1 heterocycles. The molecule has 0 aromatic heterocycles. The number of nitrogens with one attached hydrogen (secondary N) is 2. The number of carbonyl (C=O) groups is 1. The monoisotopic (exact) mass is 281 g/mol. The molecule has 2 rings (SSSR count). The van der Waals surface area contributed by atoms with Gasteiger partial charge in [-0.05, 0) is 31.5 Å². The number of carbonyl (C=O) groups excluding carboxylic acids is 1. The molecule has 1 atom stereocenters. The topological polar surface area (TPSA) is 44.4 Å². The van der Waals surface area contributed by atoms with E-state index in [1.54, 1.807) is 6.07 Å². The maximum Gasteiger partial charge on any atom is 0.241 e. The van der Waals surface area contributed by atoms with E-state index in [2.05, 4.69) is 15.5 Å². The number of hydrogen-bond acceptors (Lipinski definition) is 3. The van der Waals surface area contributed by atoms with Gasteiger partial charge in [-0.1, -0.05) is 17.7 Å². The summed E-state index contributed by atoms with van der Waals surface area (Å²) in [6.45, 7) is 7.57. The van der Waals surface area contributed by atoms with Crippen LogP contribution in [0.2, 0.25) is 5.02 Å². The highest BCUT2D eigenvalue weighted by Crippen LogP contribution is 2.20. The first-order valence-corrected chi connectivity index (χ1v) is 6.97. The van der Waals surface area contributed by atoms with Gasteiger partial charge in [-0.3, -0.25) is 9.69 Å². The molecule has 4 nitrogen and oxygen atoms in total. The van der Waals surface area contributed by atoms with Crippen LogP contribution >= 0.6 is 11.6 Å². The lowest BCUT2D eigenvalue weighted by Gasteiger charge is -2.31. The Hall–Kier alpha value is -1.10. The van der Waals surface area contributed by atoms with Crippen LogP contribution < -0.4 is 10.6 Å². The van der Waals surface area contributed by atoms with Gasteiger partial charge in [0.1, 0.15) is 0 Å². The molecule has 1 aromatic carbocycles. The molecule has 19 heavy (non-hydrogen) atoms. The average Bonchev–Trinajstić information content (AvgIpc) is 2.43. The minimum atomic E-state index is -0.123. The standard InChI is InChI=1S/C14H20ClN3O/c1-10-3-4-12(9-13(10)15)17-14(19)11(2)18-7-5-16-6-8-18/h3-4,9,11,16H,5-8H2,1-2H3,(H,17,19). The van der Waals surface area contributed by atoms with Crippen molar-refractivity contribution in [1.29, 1.82) is 0 Å². The first kappa shape index (κ1) is 14.3. The third-order valence-corrected chi connectivity index (χ3v) is 3.93. The van der Waals surface area contributed by atoms with Crippen LogP contribution in [-0.2, 0) is 4.79 Å². The Bertz CT molecular complexity index is 458. The summed E-state index contributed by atoms with van der Waals surface area (Å²) in [7, 11) is 0. The van der Waals surface area contributed by atoms with E-state index in [-0.39, 0.29) is 11.9 Å².